The molecule has 0 aliphatic carbocycles. The largest absolute Gasteiger partial charge is 0.616 e. The minimum Gasteiger partial charge on any atom is -0.616 e. The predicted molar refractivity (Wildman–Crippen MR) is 137 cm³/mol. The number of fused-ring (bicyclic) bond motifs is 1. The van der Waals surface area contributed by atoms with Crippen LogP contribution in [0.4, 0.5) is 4.39 Å². The van der Waals surface area contributed by atoms with Crippen molar-refractivity contribution < 1.29 is 18.5 Å². The molecule has 0 bridgehead atoms. The number of aromatic nitrogens is 2. The highest BCUT2D eigenvalue weighted by Gasteiger charge is 2.58. The van der Waals surface area contributed by atoms with Crippen LogP contribution < -0.4 is 4.74 Å². The van der Waals surface area contributed by atoms with Gasteiger partial charge in [-0.1, -0.05) is 34.5 Å². The average molecular weight is 507 g/mol. The number of aryl methyl sites for hydroxylation is 1. The summed E-state index contributed by atoms with van der Waals surface area (Å²) in [5.74, 6) is 2.49. The summed E-state index contributed by atoms with van der Waals surface area (Å²) in [6.45, 7) is 4.59. The highest BCUT2D eigenvalue weighted by atomic mass is 32.2. The van der Waals surface area contributed by atoms with E-state index in [9.17, 15) is 8.94 Å². The van der Waals surface area contributed by atoms with Crippen molar-refractivity contribution in [3.8, 4) is 11.4 Å². The standard InChI is InChI=1S/C27H27FN4O3S/c1-18-13-31(17-29-18)23-9-4-19(11-24(23)34-3)10-20-12-27(15-36(33)16-27)14-32-25(20)30-35-26(32,2)21-5-7-22(28)8-6-21/h4-11,13,17H,12,14-16H2,1-3H3/b20-10+. The Balaban J connectivity index is 1.38. The lowest BCUT2D eigenvalue weighted by Crippen LogP contribution is -2.62. The quantitative estimate of drug-likeness (QED) is 0.491. The molecule has 0 amide bonds. The highest BCUT2D eigenvalue weighted by molar-refractivity contribution is 7.92. The minimum absolute atomic E-state index is 0.108. The van der Waals surface area contributed by atoms with Crippen molar-refractivity contribution in [1.82, 2.24) is 14.5 Å². The molecule has 2 fully saturated rings. The molecule has 1 unspecified atom stereocenters. The van der Waals surface area contributed by atoms with E-state index in [0.29, 0.717) is 18.1 Å². The Morgan fingerprint density at radius 2 is 1.97 bits per heavy atom. The number of halogens is 1. The number of nitrogens with zero attached hydrogens (tertiary/aromatic N) is 4. The van der Waals surface area contributed by atoms with Gasteiger partial charge in [0.25, 0.3) is 0 Å². The number of imidazole rings is 1. The first kappa shape index (κ1) is 23.1. The second kappa shape index (κ2) is 8.38. The zero-order valence-electron chi connectivity index (χ0n) is 20.4. The lowest BCUT2D eigenvalue weighted by molar-refractivity contribution is -0.101. The number of amidine groups is 1. The van der Waals surface area contributed by atoms with Gasteiger partial charge in [-0.25, -0.2) is 9.37 Å². The Hall–Kier alpha value is -3.30. The van der Waals surface area contributed by atoms with Crippen molar-refractivity contribution in [3.05, 3.63) is 83.2 Å². The zero-order valence-corrected chi connectivity index (χ0v) is 21.2. The van der Waals surface area contributed by atoms with Crippen LogP contribution in [0, 0.1) is 18.2 Å². The van der Waals surface area contributed by atoms with Gasteiger partial charge < -0.3 is 23.6 Å². The van der Waals surface area contributed by atoms with Gasteiger partial charge in [-0.2, -0.15) is 0 Å². The summed E-state index contributed by atoms with van der Waals surface area (Å²) in [7, 11) is 1.66. The summed E-state index contributed by atoms with van der Waals surface area (Å²) in [5.41, 5.74) is 3.67. The van der Waals surface area contributed by atoms with Crippen molar-refractivity contribution in [2.24, 2.45) is 10.6 Å². The smallest absolute Gasteiger partial charge is 0.234 e. The number of oxime groups is 1. The van der Waals surface area contributed by atoms with Crippen LogP contribution in [0.5, 0.6) is 5.75 Å². The van der Waals surface area contributed by atoms with Crippen molar-refractivity contribution in [2.45, 2.75) is 26.0 Å². The topological polar surface area (TPSA) is 74.9 Å². The molecule has 3 aliphatic rings. The first-order chi connectivity index (χ1) is 17.3. The first-order valence-electron chi connectivity index (χ1n) is 11.8. The van der Waals surface area contributed by atoms with Gasteiger partial charge >= 0.3 is 0 Å². The van der Waals surface area contributed by atoms with Crippen LogP contribution >= 0.6 is 0 Å². The van der Waals surface area contributed by atoms with Gasteiger partial charge in [0, 0.05) is 25.2 Å². The number of rotatable bonds is 4. The molecular formula is C27H27FN4O3S. The molecule has 6 rings (SSSR count). The minimum atomic E-state index is -0.868. The number of benzene rings is 2. The van der Waals surface area contributed by atoms with Crippen molar-refractivity contribution >= 4 is 23.1 Å². The summed E-state index contributed by atoms with van der Waals surface area (Å²) in [5, 5.41) is 4.50. The Labute approximate surface area is 212 Å². The summed E-state index contributed by atoms with van der Waals surface area (Å²) >= 11 is -0.811. The maximum atomic E-state index is 13.6. The Morgan fingerprint density at radius 1 is 1.19 bits per heavy atom. The van der Waals surface area contributed by atoms with Gasteiger partial charge in [-0.05, 0) is 54.8 Å². The van der Waals surface area contributed by atoms with E-state index in [-0.39, 0.29) is 11.2 Å². The van der Waals surface area contributed by atoms with Gasteiger partial charge in [-0.15, -0.1) is 0 Å². The Bertz CT molecular complexity index is 1380. The molecule has 0 radical (unpaired) electrons. The van der Waals surface area contributed by atoms with Crippen LogP contribution in [0.1, 0.15) is 30.2 Å². The van der Waals surface area contributed by atoms with Gasteiger partial charge in [0.05, 0.1) is 30.2 Å². The molecule has 1 spiro atoms. The summed E-state index contributed by atoms with van der Waals surface area (Å²) in [6, 6.07) is 12.4. The first-order valence-corrected chi connectivity index (χ1v) is 13.3. The Morgan fingerprint density at radius 3 is 2.64 bits per heavy atom. The van der Waals surface area contributed by atoms with Crippen molar-refractivity contribution in [1.29, 1.82) is 0 Å². The molecule has 3 aliphatic heterocycles. The van der Waals surface area contributed by atoms with Crippen LogP contribution in [-0.2, 0) is 21.7 Å². The van der Waals surface area contributed by atoms with Gasteiger partial charge in [0.1, 0.15) is 23.1 Å². The monoisotopic (exact) mass is 506 g/mol. The van der Waals surface area contributed by atoms with E-state index in [2.05, 4.69) is 21.1 Å². The number of piperidine rings is 1. The third kappa shape index (κ3) is 3.77. The fourth-order valence-corrected chi connectivity index (χ4v) is 7.10. The zero-order chi connectivity index (χ0) is 25.1. The maximum Gasteiger partial charge on any atom is 0.234 e. The van der Waals surface area contributed by atoms with E-state index in [1.54, 1.807) is 25.6 Å². The van der Waals surface area contributed by atoms with Gasteiger partial charge in [-0.3, -0.25) is 0 Å². The lowest BCUT2D eigenvalue weighted by Gasteiger charge is -2.50. The van der Waals surface area contributed by atoms with Crippen LogP contribution in [0.2, 0.25) is 0 Å². The van der Waals surface area contributed by atoms with E-state index < -0.39 is 16.9 Å². The van der Waals surface area contributed by atoms with E-state index in [0.717, 1.165) is 46.1 Å². The van der Waals surface area contributed by atoms with Gasteiger partial charge in [0.15, 0.2) is 5.84 Å². The number of ether oxygens (including phenoxy) is 1. The second-order valence-corrected chi connectivity index (χ2v) is 11.5. The molecule has 7 nitrogen and oxygen atoms in total. The van der Waals surface area contributed by atoms with E-state index in [4.69, 9.17) is 9.57 Å². The number of hydrogen-bond donors (Lipinski definition) is 0. The molecule has 0 N–H and O–H groups in total. The SMILES string of the molecule is COc1cc(/C=C2\CC3(CN4C2=NOC4(C)c2ccc(F)cc2)C[S+]([O-])C3)ccc1-n1cnc(C)c1. The molecule has 186 valence electrons. The van der Waals surface area contributed by atoms with Crippen LogP contribution in [0.3, 0.4) is 0 Å². The van der Waals surface area contributed by atoms with Gasteiger partial charge in [0.2, 0.25) is 5.72 Å². The predicted octanol–water partition coefficient (Wildman–Crippen LogP) is 4.38. The average Bonchev–Trinajstić information content (AvgIpc) is 3.42. The normalized spacial score (nSPS) is 28.0. The van der Waals surface area contributed by atoms with Crippen molar-refractivity contribution in [2.75, 3.05) is 25.2 Å². The van der Waals surface area contributed by atoms with Crippen molar-refractivity contribution in [3.63, 3.8) is 0 Å². The molecular weight excluding hydrogens is 479 g/mol. The molecule has 4 heterocycles. The van der Waals surface area contributed by atoms with E-state index in [1.807, 2.05) is 42.8 Å². The highest BCUT2D eigenvalue weighted by Crippen LogP contribution is 2.49. The molecule has 2 aromatic carbocycles. The molecule has 9 heteroatoms. The summed E-state index contributed by atoms with van der Waals surface area (Å²) < 4.78 is 33.5. The summed E-state index contributed by atoms with van der Waals surface area (Å²) in [4.78, 5) is 12.5. The Kier molecular flexibility index (Phi) is 5.38. The van der Waals surface area contributed by atoms with Crippen LogP contribution in [0.15, 0.2) is 65.7 Å². The molecule has 1 aromatic heterocycles. The van der Waals surface area contributed by atoms with E-state index >= 15 is 0 Å². The molecule has 3 aromatic rings. The summed E-state index contributed by atoms with van der Waals surface area (Å²) in [6.07, 6.45) is 6.60. The lowest BCUT2D eigenvalue weighted by atomic mass is 9.78. The van der Waals surface area contributed by atoms with E-state index in [1.165, 1.54) is 12.1 Å². The molecule has 2 saturated heterocycles. The third-order valence-electron chi connectivity index (χ3n) is 7.28. The fourth-order valence-electron chi connectivity index (χ4n) is 5.43. The van der Waals surface area contributed by atoms with Crippen LogP contribution in [0.25, 0.3) is 11.8 Å². The third-order valence-corrected chi connectivity index (χ3v) is 9.14. The second-order valence-electron chi connectivity index (χ2n) is 10.0. The number of hydrogen-bond acceptors (Lipinski definition) is 6. The maximum absolute atomic E-state index is 13.6. The number of methoxy groups -OCH3 is 1. The van der Waals surface area contributed by atoms with Crippen LogP contribution in [-0.4, -0.2) is 50.0 Å². The molecule has 1 atom stereocenters. The molecule has 0 saturated carbocycles. The fraction of sp³-hybridized carbons (Fsp3) is 0.333. The molecule has 36 heavy (non-hydrogen) atoms.